The Labute approximate surface area is 222 Å². The van der Waals surface area contributed by atoms with E-state index in [0.29, 0.717) is 41.6 Å². The molecular formula is C30H47NO3SSi. The SMILES string of the molecule is C#C[C@@]1(CCC)/C(=N/S(=O)(=O)c2ccc(C)cc2)CCC(O[Si](C(C)C)(C(C)C)C(C)C)=CC1(C)C. The van der Waals surface area contributed by atoms with E-state index in [4.69, 9.17) is 10.8 Å². The topological polar surface area (TPSA) is 55.7 Å². The molecule has 36 heavy (non-hydrogen) atoms. The molecule has 0 aromatic heterocycles. The van der Waals surface area contributed by atoms with Gasteiger partial charge in [-0.25, -0.2) is 0 Å². The van der Waals surface area contributed by atoms with E-state index < -0.39 is 29.2 Å². The van der Waals surface area contributed by atoms with Crippen molar-refractivity contribution in [2.24, 2.45) is 15.2 Å². The zero-order valence-electron chi connectivity index (χ0n) is 24.1. The molecule has 0 radical (unpaired) electrons. The fourth-order valence-electron chi connectivity index (χ4n) is 6.30. The maximum Gasteiger partial charge on any atom is 0.282 e. The maximum absolute atomic E-state index is 13.4. The van der Waals surface area contributed by atoms with Crippen LogP contribution in [-0.2, 0) is 14.4 Å². The molecule has 1 aliphatic rings. The van der Waals surface area contributed by atoms with Gasteiger partial charge in [0.05, 0.1) is 21.8 Å². The number of hydrogen-bond donors (Lipinski definition) is 0. The van der Waals surface area contributed by atoms with Crippen molar-refractivity contribution in [2.75, 3.05) is 0 Å². The van der Waals surface area contributed by atoms with E-state index in [9.17, 15) is 8.42 Å². The van der Waals surface area contributed by atoms with E-state index in [1.54, 1.807) is 24.3 Å². The monoisotopic (exact) mass is 529 g/mol. The molecule has 0 saturated carbocycles. The summed E-state index contributed by atoms with van der Waals surface area (Å²) in [5.41, 5.74) is 1.53. The van der Waals surface area contributed by atoms with Crippen LogP contribution < -0.4 is 0 Å². The largest absolute Gasteiger partial charge is 0.546 e. The number of sulfonamides is 1. The van der Waals surface area contributed by atoms with E-state index in [-0.39, 0.29) is 4.90 Å². The summed E-state index contributed by atoms with van der Waals surface area (Å²) in [5, 5.41) is 0. The van der Waals surface area contributed by atoms with Gasteiger partial charge in [0.25, 0.3) is 18.3 Å². The Bertz CT molecular complexity index is 1100. The first-order valence-corrected chi connectivity index (χ1v) is 17.0. The van der Waals surface area contributed by atoms with Crippen LogP contribution in [0.25, 0.3) is 0 Å². The van der Waals surface area contributed by atoms with Crippen LogP contribution in [0.1, 0.15) is 93.6 Å². The standard InChI is InChI=1S/C30H47NO3SSi/c1-12-20-30(13-2)28(31-35(32,33)27-17-14-25(9)15-18-27)19-16-26(21-29(30,10)11)34-36(22(3)4,23(5)6)24(7)8/h2,14-15,17-18,21-24H,12,16,19-20H2,1,3-11H3/b31-28+/t30-/m1/s1. The van der Waals surface area contributed by atoms with Crippen LogP contribution in [0.5, 0.6) is 0 Å². The van der Waals surface area contributed by atoms with E-state index >= 15 is 0 Å². The predicted molar refractivity (Wildman–Crippen MR) is 155 cm³/mol. The van der Waals surface area contributed by atoms with Crippen molar-refractivity contribution in [3.63, 3.8) is 0 Å². The molecule has 1 aromatic carbocycles. The predicted octanol–water partition coefficient (Wildman–Crippen LogP) is 8.44. The summed E-state index contributed by atoms with van der Waals surface area (Å²) in [7, 11) is -6.08. The lowest BCUT2D eigenvalue weighted by atomic mass is 9.61. The molecule has 0 fully saturated rings. The number of rotatable bonds is 9. The van der Waals surface area contributed by atoms with Crippen LogP contribution >= 0.6 is 0 Å². The highest BCUT2D eigenvalue weighted by molar-refractivity contribution is 7.90. The van der Waals surface area contributed by atoms with Gasteiger partial charge >= 0.3 is 0 Å². The molecule has 0 heterocycles. The van der Waals surface area contributed by atoms with Gasteiger partial charge in [-0.3, -0.25) is 0 Å². The normalized spacial score (nSPS) is 22.0. The number of hydrogen-bond acceptors (Lipinski definition) is 3. The Balaban J connectivity index is 2.69. The average Bonchev–Trinajstić information content (AvgIpc) is 2.86. The van der Waals surface area contributed by atoms with E-state index in [1.807, 2.05) is 6.92 Å². The summed E-state index contributed by atoms with van der Waals surface area (Å²) in [5.74, 6) is 3.99. The van der Waals surface area contributed by atoms with Crippen molar-refractivity contribution in [2.45, 2.75) is 116 Å². The zero-order valence-corrected chi connectivity index (χ0v) is 25.9. The van der Waals surface area contributed by atoms with Crippen LogP contribution in [0.3, 0.4) is 0 Å². The quantitative estimate of drug-likeness (QED) is 0.238. The number of benzene rings is 1. The van der Waals surface area contributed by atoms with E-state index in [1.165, 1.54) is 0 Å². The summed E-state index contributed by atoms with van der Waals surface area (Å²) >= 11 is 0. The molecule has 0 unspecified atom stereocenters. The van der Waals surface area contributed by atoms with Crippen molar-refractivity contribution >= 4 is 24.1 Å². The van der Waals surface area contributed by atoms with Crippen molar-refractivity contribution in [1.29, 1.82) is 0 Å². The summed E-state index contributed by atoms with van der Waals surface area (Å²) in [6.07, 6.45) is 11.0. The third kappa shape index (κ3) is 5.68. The molecule has 1 aliphatic carbocycles. The van der Waals surface area contributed by atoms with E-state index in [2.05, 4.69) is 78.7 Å². The maximum atomic E-state index is 13.4. The first kappa shape index (κ1) is 30.4. The van der Waals surface area contributed by atoms with Crippen molar-refractivity contribution in [3.05, 3.63) is 41.7 Å². The second-order valence-electron chi connectivity index (χ2n) is 11.9. The van der Waals surface area contributed by atoms with Crippen LogP contribution in [0.2, 0.25) is 16.6 Å². The van der Waals surface area contributed by atoms with Gasteiger partial charge in [0, 0.05) is 11.8 Å². The molecule has 6 heteroatoms. The van der Waals surface area contributed by atoms with E-state index in [0.717, 1.165) is 17.7 Å². The van der Waals surface area contributed by atoms with Gasteiger partial charge in [-0.1, -0.05) is 92.4 Å². The van der Waals surface area contributed by atoms with Crippen LogP contribution in [0, 0.1) is 30.1 Å². The van der Waals surface area contributed by atoms with Crippen LogP contribution in [0.4, 0.5) is 0 Å². The highest BCUT2D eigenvalue weighted by Gasteiger charge is 2.51. The highest BCUT2D eigenvalue weighted by atomic mass is 32.2. The zero-order chi connectivity index (χ0) is 27.5. The average molecular weight is 530 g/mol. The molecule has 0 saturated heterocycles. The molecule has 0 bridgehead atoms. The Morgan fingerprint density at radius 3 is 2.00 bits per heavy atom. The van der Waals surface area contributed by atoms with Crippen molar-refractivity contribution < 1.29 is 12.8 Å². The molecule has 0 N–H and O–H groups in total. The Morgan fingerprint density at radius 1 is 1.03 bits per heavy atom. The molecule has 0 amide bonds. The van der Waals surface area contributed by atoms with Gasteiger partial charge in [0.2, 0.25) is 0 Å². The van der Waals surface area contributed by atoms with Crippen molar-refractivity contribution in [3.8, 4) is 12.3 Å². The summed E-state index contributed by atoms with van der Waals surface area (Å²) < 4.78 is 38.4. The molecular weight excluding hydrogens is 482 g/mol. The highest BCUT2D eigenvalue weighted by Crippen LogP contribution is 2.51. The van der Waals surface area contributed by atoms with Gasteiger partial charge in [-0.05, 0) is 54.6 Å². The molecule has 200 valence electrons. The van der Waals surface area contributed by atoms with Crippen molar-refractivity contribution in [1.82, 2.24) is 0 Å². The Morgan fingerprint density at radius 2 is 1.56 bits per heavy atom. The third-order valence-electron chi connectivity index (χ3n) is 8.16. The number of terminal acetylenes is 1. The number of allylic oxidation sites excluding steroid dienone is 2. The molecule has 4 nitrogen and oxygen atoms in total. The minimum atomic E-state index is -3.90. The third-order valence-corrected chi connectivity index (χ3v) is 15.5. The van der Waals surface area contributed by atoms with Gasteiger partial charge in [0.1, 0.15) is 0 Å². The Hall–Kier alpha value is -1.84. The molecule has 0 aliphatic heterocycles. The molecule has 1 aromatic rings. The first-order chi connectivity index (χ1) is 16.6. The second kappa shape index (κ2) is 11.3. The fourth-order valence-corrected chi connectivity index (χ4v) is 12.7. The summed E-state index contributed by atoms with van der Waals surface area (Å²) in [6.45, 7) is 21.9. The summed E-state index contributed by atoms with van der Waals surface area (Å²) in [6, 6.07) is 6.83. The fraction of sp³-hybridized carbons (Fsp3) is 0.633. The summed E-state index contributed by atoms with van der Waals surface area (Å²) in [4.78, 5) is 0.195. The van der Waals surface area contributed by atoms with Gasteiger partial charge in [0.15, 0.2) is 0 Å². The first-order valence-electron chi connectivity index (χ1n) is 13.4. The van der Waals surface area contributed by atoms with Crippen LogP contribution in [-0.4, -0.2) is 22.4 Å². The second-order valence-corrected chi connectivity index (χ2v) is 18.9. The Kier molecular flexibility index (Phi) is 9.51. The smallest absolute Gasteiger partial charge is 0.282 e. The lowest BCUT2D eigenvalue weighted by molar-refractivity contribution is 0.255. The van der Waals surface area contributed by atoms with Crippen LogP contribution in [0.15, 0.2) is 45.4 Å². The van der Waals surface area contributed by atoms with Gasteiger partial charge in [-0.2, -0.15) is 12.8 Å². The lowest BCUT2D eigenvalue weighted by Gasteiger charge is -2.44. The van der Waals surface area contributed by atoms with Gasteiger partial charge in [-0.15, -0.1) is 6.42 Å². The lowest BCUT2D eigenvalue weighted by Crippen LogP contribution is -2.47. The molecule has 0 spiro atoms. The number of aryl methyl sites for hydroxylation is 1. The minimum absolute atomic E-state index is 0.195. The van der Waals surface area contributed by atoms with Gasteiger partial charge < -0.3 is 4.43 Å². The molecule has 2 rings (SSSR count). The minimum Gasteiger partial charge on any atom is -0.546 e. The number of nitrogens with zero attached hydrogens (tertiary/aromatic N) is 1. The molecule has 1 atom stereocenters.